The van der Waals surface area contributed by atoms with E-state index in [4.69, 9.17) is 9.31 Å². The predicted molar refractivity (Wildman–Crippen MR) is 118 cm³/mol. The van der Waals surface area contributed by atoms with Gasteiger partial charge >= 0.3 is 7.12 Å². The minimum absolute atomic E-state index is 0.0361. The molecule has 28 heavy (non-hydrogen) atoms. The summed E-state index contributed by atoms with van der Waals surface area (Å²) in [6.45, 7) is 19.9. The first kappa shape index (κ1) is 19.7. The Morgan fingerprint density at radius 2 is 1.21 bits per heavy atom. The van der Waals surface area contributed by atoms with E-state index < -0.39 is 0 Å². The van der Waals surface area contributed by atoms with E-state index in [-0.39, 0.29) is 29.2 Å². The standard InChI is InChI=1S/C25H33BO2/c1-22(2,3)16-10-12-18-19-13-11-17(15-21(19)23(4,5)20(18)14-16)26-27-24(6,7)25(8,9)28-26/h10-15H,1-9H3. The van der Waals surface area contributed by atoms with Crippen LogP contribution in [0.25, 0.3) is 11.1 Å². The highest BCUT2D eigenvalue weighted by Gasteiger charge is 2.52. The van der Waals surface area contributed by atoms with Gasteiger partial charge in [0.25, 0.3) is 0 Å². The van der Waals surface area contributed by atoms with Gasteiger partial charge in [0.2, 0.25) is 0 Å². The van der Waals surface area contributed by atoms with Crippen molar-refractivity contribution in [3.63, 3.8) is 0 Å². The number of hydrogen-bond donors (Lipinski definition) is 0. The van der Waals surface area contributed by atoms with Crippen LogP contribution in [-0.4, -0.2) is 18.3 Å². The fourth-order valence-corrected chi connectivity index (χ4v) is 4.35. The highest BCUT2D eigenvalue weighted by Crippen LogP contribution is 2.49. The lowest BCUT2D eigenvalue weighted by Gasteiger charge is -2.32. The van der Waals surface area contributed by atoms with Crippen LogP contribution in [0.15, 0.2) is 36.4 Å². The van der Waals surface area contributed by atoms with Crippen molar-refractivity contribution < 1.29 is 9.31 Å². The molecule has 2 aromatic rings. The Hall–Kier alpha value is -1.58. The Bertz CT molecular complexity index is 932. The van der Waals surface area contributed by atoms with Crippen molar-refractivity contribution in [3.8, 4) is 11.1 Å². The molecule has 0 atom stereocenters. The van der Waals surface area contributed by atoms with Gasteiger partial charge in [0, 0.05) is 5.41 Å². The SMILES string of the molecule is CC(C)(C)c1ccc2c(c1)C(C)(C)c1cc(B3OC(C)(C)C(C)(C)O3)ccc1-2. The molecule has 0 unspecified atom stereocenters. The van der Waals surface area contributed by atoms with Gasteiger partial charge in [-0.15, -0.1) is 0 Å². The zero-order chi connectivity index (χ0) is 20.7. The summed E-state index contributed by atoms with van der Waals surface area (Å²) < 4.78 is 12.6. The molecule has 2 nitrogen and oxygen atoms in total. The van der Waals surface area contributed by atoms with Crippen LogP contribution in [-0.2, 0) is 20.1 Å². The molecule has 0 amide bonds. The summed E-state index contributed by atoms with van der Waals surface area (Å²) in [5.74, 6) is 0. The van der Waals surface area contributed by atoms with E-state index in [0.29, 0.717) is 0 Å². The number of rotatable bonds is 1. The lowest BCUT2D eigenvalue weighted by molar-refractivity contribution is 0.00578. The Morgan fingerprint density at radius 3 is 1.75 bits per heavy atom. The fourth-order valence-electron chi connectivity index (χ4n) is 4.35. The first-order chi connectivity index (χ1) is 12.7. The van der Waals surface area contributed by atoms with Crippen LogP contribution in [0.1, 0.15) is 79.0 Å². The summed E-state index contributed by atoms with van der Waals surface area (Å²) in [4.78, 5) is 0. The van der Waals surface area contributed by atoms with Gasteiger partial charge in [-0.1, -0.05) is 71.0 Å². The Kier molecular flexibility index (Phi) is 4.04. The molecular formula is C25H33BO2. The van der Waals surface area contributed by atoms with Crippen molar-refractivity contribution in [1.29, 1.82) is 0 Å². The van der Waals surface area contributed by atoms with Gasteiger partial charge in [0.1, 0.15) is 0 Å². The molecule has 1 saturated heterocycles. The van der Waals surface area contributed by atoms with Crippen molar-refractivity contribution in [2.75, 3.05) is 0 Å². The number of hydrogen-bond acceptors (Lipinski definition) is 2. The van der Waals surface area contributed by atoms with Gasteiger partial charge in [-0.05, 0) is 66.4 Å². The Balaban J connectivity index is 1.77. The van der Waals surface area contributed by atoms with Gasteiger partial charge in [-0.2, -0.15) is 0 Å². The molecule has 0 saturated carbocycles. The predicted octanol–water partition coefficient (Wildman–Crippen LogP) is 5.59. The second-order valence-electron chi connectivity index (χ2n) is 11.0. The van der Waals surface area contributed by atoms with Crippen LogP contribution >= 0.6 is 0 Å². The van der Waals surface area contributed by atoms with Crippen LogP contribution in [0.3, 0.4) is 0 Å². The maximum Gasteiger partial charge on any atom is 0.494 e. The molecule has 2 aliphatic rings. The van der Waals surface area contributed by atoms with Crippen molar-refractivity contribution in [3.05, 3.63) is 53.1 Å². The molecular weight excluding hydrogens is 343 g/mol. The van der Waals surface area contributed by atoms with Crippen molar-refractivity contribution in [2.45, 2.75) is 84.3 Å². The molecule has 4 rings (SSSR count). The van der Waals surface area contributed by atoms with E-state index in [9.17, 15) is 0 Å². The molecule has 2 aromatic carbocycles. The van der Waals surface area contributed by atoms with Gasteiger partial charge in [-0.25, -0.2) is 0 Å². The van der Waals surface area contributed by atoms with Crippen LogP contribution < -0.4 is 5.46 Å². The zero-order valence-corrected chi connectivity index (χ0v) is 18.9. The second-order valence-corrected chi connectivity index (χ2v) is 11.0. The van der Waals surface area contributed by atoms with Crippen LogP contribution in [0.4, 0.5) is 0 Å². The smallest absolute Gasteiger partial charge is 0.399 e. The average molecular weight is 376 g/mol. The summed E-state index contributed by atoms with van der Waals surface area (Å²) in [7, 11) is -0.319. The highest BCUT2D eigenvalue weighted by atomic mass is 16.7. The zero-order valence-electron chi connectivity index (χ0n) is 18.9. The van der Waals surface area contributed by atoms with E-state index in [0.717, 1.165) is 5.46 Å². The molecule has 1 heterocycles. The summed E-state index contributed by atoms with van der Waals surface area (Å²) >= 11 is 0. The molecule has 0 radical (unpaired) electrons. The minimum Gasteiger partial charge on any atom is -0.399 e. The van der Waals surface area contributed by atoms with Crippen molar-refractivity contribution in [1.82, 2.24) is 0 Å². The highest BCUT2D eigenvalue weighted by molar-refractivity contribution is 6.62. The lowest BCUT2D eigenvalue weighted by Crippen LogP contribution is -2.41. The maximum absolute atomic E-state index is 6.30. The van der Waals surface area contributed by atoms with Gasteiger partial charge < -0.3 is 9.31 Å². The molecule has 0 aromatic heterocycles. The van der Waals surface area contributed by atoms with E-state index in [1.54, 1.807) is 0 Å². The van der Waals surface area contributed by atoms with Gasteiger partial charge in [0.15, 0.2) is 0 Å². The summed E-state index contributed by atoms with van der Waals surface area (Å²) in [5.41, 5.74) is 7.43. The van der Waals surface area contributed by atoms with Crippen molar-refractivity contribution >= 4 is 12.6 Å². The van der Waals surface area contributed by atoms with Crippen molar-refractivity contribution in [2.24, 2.45) is 0 Å². The van der Waals surface area contributed by atoms with Gasteiger partial charge in [-0.3, -0.25) is 0 Å². The minimum atomic E-state index is -0.323. The second kappa shape index (κ2) is 5.74. The largest absolute Gasteiger partial charge is 0.494 e. The molecule has 1 aliphatic heterocycles. The fraction of sp³-hybridized carbons (Fsp3) is 0.520. The topological polar surface area (TPSA) is 18.5 Å². The third-order valence-corrected chi connectivity index (χ3v) is 7.09. The molecule has 0 bridgehead atoms. The Labute approximate surface area is 170 Å². The quantitative estimate of drug-likeness (QED) is 0.604. The molecule has 3 heteroatoms. The number of benzene rings is 2. The molecule has 1 aliphatic carbocycles. The van der Waals surface area contributed by atoms with Crippen LogP contribution in [0.2, 0.25) is 0 Å². The molecule has 0 spiro atoms. The van der Waals surface area contributed by atoms with E-state index in [1.807, 2.05) is 0 Å². The number of fused-ring (bicyclic) bond motifs is 3. The van der Waals surface area contributed by atoms with E-state index >= 15 is 0 Å². The van der Waals surface area contributed by atoms with Crippen LogP contribution in [0, 0.1) is 0 Å². The summed E-state index contributed by atoms with van der Waals surface area (Å²) in [5, 5.41) is 0. The maximum atomic E-state index is 6.30. The third-order valence-electron chi connectivity index (χ3n) is 7.09. The molecule has 0 N–H and O–H groups in total. The summed E-state index contributed by atoms with van der Waals surface area (Å²) in [6.07, 6.45) is 0. The van der Waals surface area contributed by atoms with Gasteiger partial charge in [0.05, 0.1) is 11.2 Å². The first-order valence-corrected chi connectivity index (χ1v) is 10.4. The lowest BCUT2D eigenvalue weighted by atomic mass is 9.74. The summed E-state index contributed by atoms with van der Waals surface area (Å²) in [6, 6.07) is 13.7. The third kappa shape index (κ3) is 2.78. The van der Waals surface area contributed by atoms with E-state index in [1.165, 1.54) is 27.8 Å². The Morgan fingerprint density at radius 1 is 0.714 bits per heavy atom. The van der Waals surface area contributed by atoms with E-state index in [2.05, 4.69) is 98.7 Å². The normalized spacial score (nSPS) is 21.5. The average Bonchev–Trinajstić information content (AvgIpc) is 2.93. The first-order valence-electron chi connectivity index (χ1n) is 10.4. The van der Waals surface area contributed by atoms with Crippen LogP contribution in [0.5, 0.6) is 0 Å². The molecule has 1 fully saturated rings. The molecule has 148 valence electrons. The monoisotopic (exact) mass is 376 g/mol.